The van der Waals surface area contributed by atoms with Gasteiger partial charge in [0.15, 0.2) is 0 Å². The van der Waals surface area contributed by atoms with Crippen molar-refractivity contribution in [3.05, 3.63) is 29.8 Å². The van der Waals surface area contributed by atoms with E-state index >= 15 is 0 Å². The zero-order chi connectivity index (χ0) is 17.6. The molecule has 1 aromatic carbocycles. The van der Waals surface area contributed by atoms with E-state index in [4.69, 9.17) is 4.74 Å². The van der Waals surface area contributed by atoms with E-state index < -0.39 is 0 Å². The monoisotopic (exact) mass is 342 g/mol. The van der Waals surface area contributed by atoms with Gasteiger partial charge in [-0.15, -0.1) is 0 Å². The molecule has 1 aliphatic carbocycles. The maximum atomic E-state index is 12.8. The van der Waals surface area contributed by atoms with E-state index in [0.29, 0.717) is 5.91 Å². The number of methoxy groups -OCH3 is 1. The Morgan fingerprint density at radius 2 is 1.80 bits per heavy atom. The maximum Gasteiger partial charge on any atom is 0.226 e. The van der Waals surface area contributed by atoms with Crippen molar-refractivity contribution in [2.45, 2.75) is 50.6 Å². The number of amides is 2. The van der Waals surface area contributed by atoms with E-state index in [1.807, 2.05) is 17.0 Å². The Hall–Kier alpha value is -2.04. The fraction of sp³-hybridized carbons (Fsp3) is 0.600. The van der Waals surface area contributed by atoms with Gasteiger partial charge < -0.3 is 14.5 Å². The number of likely N-dealkylation sites (tertiary alicyclic amines) is 2. The molecule has 3 fully saturated rings. The van der Waals surface area contributed by atoms with E-state index in [1.54, 1.807) is 14.0 Å². The van der Waals surface area contributed by atoms with Crippen molar-refractivity contribution in [3.63, 3.8) is 0 Å². The molecule has 134 valence electrons. The third-order valence-electron chi connectivity index (χ3n) is 6.02. The van der Waals surface area contributed by atoms with Crippen LogP contribution in [0.3, 0.4) is 0 Å². The van der Waals surface area contributed by atoms with Crippen molar-refractivity contribution in [3.8, 4) is 5.75 Å². The van der Waals surface area contributed by atoms with Crippen molar-refractivity contribution in [1.29, 1.82) is 0 Å². The highest BCUT2D eigenvalue weighted by atomic mass is 16.5. The van der Waals surface area contributed by atoms with Crippen molar-refractivity contribution in [1.82, 2.24) is 9.80 Å². The minimum absolute atomic E-state index is 0.0994. The van der Waals surface area contributed by atoms with Gasteiger partial charge in [0.1, 0.15) is 5.75 Å². The molecule has 3 atom stereocenters. The Morgan fingerprint density at radius 1 is 1.08 bits per heavy atom. The molecule has 2 heterocycles. The summed E-state index contributed by atoms with van der Waals surface area (Å²) < 4.78 is 5.27. The Labute approximate surface area is 148 Å². The van der Waals surface area contributed by atoms with Gasteiger partial charge in [-0.1, -0.05) is 12.1 Å². The lowest BCUT2D eigenvalue weighted by atomic mass is 9.86. The van der Waals surface area contributed by atoms with Gasteiger partial charge in [0.25, 0.3) is 0 Å². The minimum atomic E-state index is 0.0994. The molecule has 25 heavy (non-hydrogen) atoms. The second kappa shape index (κ2) is 6.36. The average molecular weight is 342 g/mol. The van der Waals surface area contributed by atoms with Crippen LogP contribution in [0, 0.1) is 5.92 Å². The van der Waals surface area contributed by atoms with Crippen molar-refractivity contribution >= 4 is 11.8 Å². The molecule has 2 saturated heterocycles. The van der Waals surface area contributed by atoms with Gasteiger partial charge in [-0.3, -0.25) is 9.59 Å². The number of ether oxygens (including phenoxy) is 1. The minimum Gasteiger partial charge on any atom is -0.497 e. The summed E-state index contributed by atoms with van der Waals surface area (Å²) in [5.41, 5.74) is 1.19. The largest absolute Gasteiger partial charge is 0.497 e. The summed E-state index contributed by atoms with van der Waals surface area (Å²) >= 11 is 0. The Balaban J connectivity index is 1.67. The normalized spacial score (nSPS) is 28.6. The van der Waals surface area contributed by atoms with Gasteiger partial charge in [0.2, 0.25) is 11.8 Å². The molecular weight excluding hydrogens is 316 g/mol. The van der Waals surface area contributed by atoms with Crippen LogP contribution in [-0.4, -0.2) is 53.9 Å². The molecule has 0 aromatic heterocycles. The molecule has 5 nitrogen and oxygen atoms in total. The van der Waals surface area contributed by atoms with Crippen LogP contribution < -0.4 is 4.74 Å². The fourth-order valence-corrected chi connectivity index (χ4v) is 4.62. The lowest BCUT2D eigenvalue weighted by Crippen LogP contribution is -2.53. The molecule has 2 aliphatic heterocycles. The molecule has 5 heteroatoms. The van der Waals surface area contributed by atoms with Gasteiger partial charge in [0, 0.05) is 31.8 Å². The first-order chi connectivity index (χ1) is 12.1. The topological polar surface area (TPSA) is 49.9 Å². The van der Waals surface area contributed by atoms with Gasteiger partial charge in [-0.2, -0.15) is 0 Å². The number of piperidine rings is 1. The summed E-state index contributed by atoms with van der Waals surface area (Å²) in [7, 11) is 1.66. The van der Waals surface area contributed by atoms with Crippen LogP contribution in [0.25, 0.3) is 0 Å². The van der Waals surface area contributed by atoms with Crippen LogP contribution in [0.4, 0.5) is 0 Å². The summed E-state index contributed by atoms with van der Waals surface area (Å²) in [4.78, 5) is 29.2. The highest BCUT2D eigenvalue weighted by Crippen LogP contribution is 2.43. The number of benzene rings is 1. The van der Waals surface area contributed by atoms with Crippen LogP contribution in [0.5, 0.6) is 5.75 Å². The molecule has 0 unspecified atom stereocenters. The number of hydrogen-bond acceptors (Lipinski definition) is 3. The number of hydrogen-bond donors (Lipinski definition) is 0. The molecule has 4 rings (SSSR count). The second-order valence-corrected chi connectivity index (χ2v) is 7.56. The smallest absolute Gasteiger partial charge is 0.226 e. The molecule has 0 spiro atoms. The number of fused-ring (bicyclic) bond motifs is 1. The van der Waals surface area contributed by atoms with Crippen molar-refractivity contribution < 1.29 is 14.3 Å². The predicted molar refractivity (Wildman–Crippen MR) is 94.4 cm³/mol. The van der Waals surface area contributed by atoms with E-state index in [9.17, 15) is 9.59 Å². The predicted octanol–water partition coefficient (Wildman–Crippen LogP) is 2.41. The summed E-state index contributed by atoms with van der Waals surface area (Å²) in [6.45, 7) is 3.17. The zero-order valence-electron chi connectivity index (χ0n) is 15.0. The standard InChI is InChI=1S/C20H26N2O3/c1-13(23)21-11-3-4-18-19(21)17(12-22(18)20(24)15-5-6-15)14-7-9-16(25-2)10-8-14/h7-10,15,17-19H,3-6,11-12H2,1-2H3/t17-,18-,19-/m1/s1. The SMILES string of the molecule is COc1ccc([C@H]2CN(C(=O)C3CC3)[C@@H]3CCCN(C(C)=O)[C@H]23)cc1. The highest BCUT2D eigenvalue weighted by Gasteiger charge is 2.51. The number of nitrogens with zero attached hydrogens (tertiary/aromatic N) is 2. The van der Waals surface area contributed by atoms with Crippen LogP contribution in [-0.2, 0) is 9.59 Å². The van der Waals surface area contributed by atoms with Crippen molar-refractivity contribution in [2.75, 3.05) is 20.2 Å². The summed E-state index contributed by atoms with van der Waals surface area (Å²) in [5, 5.41) is 0. The lowest BCUT2D eigenvalue weighted by Gasteiger charge is -2.41. The van der Waals surface area contributed by atoms with Crippen LogP contribution in [0.2, 0.25) is 0 Å². The summed E-state index contributed by atoms with van der Waals surface area (Å²) in [6.07, 6.45) is 4.02. The molecule has 0 N–H and O–H groups in total. The van der Waals surface area contributed by atoms with Crippen LogP contribution >= 0.6 is 0 Å². The third kappa shape index (κ3) is 2.90. The first kappa shape index (κ1) is 16.4. The zero-order valence-corrected chi connectivity index (χ0v) is 15.0. The molecule has 1 saturated carbocycles. The highest BCUT2D eigenvalue weighted by molar-refractivity contribution is 5.82. The van der Waals surface area contributed by atoms with Gasteiger partial charge in [-0.25, -0.2) is 0 Å². The molecular formula is C20H26N2O3. The number of rotatable bonds is 3. The Morgan fingerprint density at radius 3 is 2.40 bits per heavy atom. The second-order valence-electron chi connectivity index (χ2n) is 7.56. The van der Waals surface area contributed by atoms with E-state index in [0.717, 1.165) is 44.5 Å². The van der Waals surface area contributed by atoms with Crippen LogP contribution in [0.15, 0.2) is 24.3 Å². The number of carbonyl (C=O) groups excluding carboxylic acids is 2. The van der Waals surface area contributed by atoms with Crippen molar-refractivity contribution in [2.24, 2.45) is 5.92 Å². The first-order valence-electron chi connectivity index (χ1n) is 9.32. The Kier molecular flexibility index (Phi) is 4.18. The van der Waals surface area contributed by atoms with E-state index in [2.05, 4.69) is 17.0 Å². The molecule has 2 amide bonds. The summed E-state index contributed by atoms with van der Waals surface area (Å²) in [5.74, 6) is 1.66. The molecule has 1 aromatic rings. The van der Waals surface area contributed by atoms with E-state index in [-0.39, 0.29) is 29.8 Å². The molecule has 0 bridgehead atoms. The van der Waals surface area contributed by atoms with Gasteiger partial charge in [-0.05, 0) is 43.4 Å². The third-order valence-corrected chi connectivity index (χ3v) is 6.02. The first-order valence-corrected chi connectivity index (χ1v) is 9.32. The number of carbonyl (C=O) groups is 2. The molecule has 0 radical (unpaired) electrons. The quantitative estimate of drug-likeness (QED) is 0.848. The van der Waals surface area contributed by atoms with Crippen LogP contribution in [0.1, 0.15) is 44.1 Å². The maximum absolute atomic E-state index is 12.8. The molecule has 3 aliphatic rings. The fourth-order valence-electron chi connectivity index (χ4n) is 4.62. The Bertz CT molecular complexity index is 668. The average Bonchev–Trinajstić information content (AvgIpc) is 3.41. The van der Waals surface area contributed by atoms with E-state index in [1.165, 1.54) is 5.56 Å². The van der Waals surface area contributed by atoms with Gasteiger partial charge in [0.05, 0.1) is 19.2 Å². The summed E-state index contributed by atoms with van der Waals surface area (Å²) in [6, 6.07) is 8.37. The lowest BCUT2D eigenvalue weighted by molar-refractivity contribution is -0.138. The van der Waals surface area contributed by atoms with Gasteiger partial charge >= 0.3 is 0 Å².